The molecule has 1 aromatic carbocycles. The average Bonchev–Trinajstić information content (AvgIpc) is 3.24. The summed E-state index contributed by atoms with van der Waals surface area (Å²) < 4.78 is 16.7. The molecule has 122 valence electrons. The van der Waals surface area contributed by atoms with E-state index in [-0.39, 0.29) is 11.7 Å². The molecule has 0 saturated carbocycles. The van der Waals surface area contributed by atoms with Gasteiger partial charge in [-0.15, -0.1) is 11.3 Å². The average molecular weight is 340 g/mol. The van der Waals surface area contributed by atoms with E-state index in [4.69, 9.17) is 0 Å². The van der Waals surface area contributed by atoms with Crippen LogP contribution in [0.15, 0.2) is 60.1 Å². The van der Waals surface area contributed by atoms with Gasteiger partial charge in [-0.25, -0.2) is 4.39 Å². The van der Waals surface area contributed by atoms with E-state index < -0.39 is 6.04 Å². The molecule has 2 aromatic heterocycles. The van der Waals surface area contributed by atoms with Crippen molar-refractivity contribution < 1.29 is 9.18 Å². The first-order valence-electron chi connectivity index (χ1n) is 7.99. The van der Waals surface area contributed by atoms with Crippen LogP contribution in [0.5, 0.6) is 0 Å². The number of aryl methyl sites for hydroxylation is 1. The van der Waals surface area contributed by atoms with Crippen molar-refractivity contribution in [2.24, 2.45) is 0 Å². The quantitative estimate of drug-likeness (QED) is 0.682. The zero-order chi connectivity index (χ0) is 16.5. The summed E-state index contributed by atoms with van der Waals surface area (Å²) in [6.07, 6.45) is 2.85. The Hall–Kier alpha value is -2.40. The van der Waals surface area contributed by atoms with Crippen molar-refractivity contribution >= 4 is 17.2 Å². The van der Waals surface area contributed by atoms with Gasteiger partial charge in [0.05, 0.1) is 4.88 Å². The molecule has 1 aliphatic heterocycles. The molecule has 0 fully saturated rings. The van der Waals surface area contributed by atoms with Crippen LogP contribution < -0.4 is 0 Å². The van der Waals surface area contributed by atoms with E-state index in [2.05, 4.69) is 4.57 Å². The third-order valence-electron chi connectivity index (χ3n) is 4.45. The van der Waals surface area contributed by atoms with E-state index in [9.17, 15) is 9.18 Å². The van der Waals surface area contributed by atoms with E-state index >= 15 is 0 Å². The van der Waals surface area contributed by atoms with Crippen molar-refractivity contribution in [3.63, 3.8) is 0 Å². The molecule has 0 spiro atoms. The lowest BCUT2D eigenvalue weighted by molar-refractivity contribution is 0.0712. The van der Waals surface area contributed by atoms with E-state index in [1.165, 1.54) is 17.4 Å². The summed E-state index contributed by atoms with van der Waals surface area (Å²) >= 11 is 1.42. The van der Waals surface area contributed by atoms with E-state index in [0.717, 1.165) is 18.7 Å². The van der Waals surface area contributed by atoms with Gasteiger partial charge in [-0.3, -0.25) is 4.79 Å². The number of fused-ring (bicyclic) bond motifs is 1. The topological polar surface area (TPSA) is 25.2 Å². The largest absolute Gasteiger partial charge is 0.349 e. The molecule has 1 amide bonds. The second-order valence-electron chi connectivity index (χ2n) is 5.88. The molecule has 0 bridgehead atoms. The summed E-state index contributed by atoms with van der Waals surface area (Å²) in [7, 11) is 0. The first-order valence-corrected chi connectivity index (χ1v) is 8.87. The fraction of sp³-hybridized carbons (Fsp3) is 0.211. The molecule has 5 heteroatoms. The Morgan fingerprint density at radius 1 is 1.08 bits per heavy atom. The lowest BCUT2D eigenvalue weighted by Crippen LogP contribution is -2.35. The number of aromatic nitrogens is 1. The Balaban J connectivity index is 1.85. The molecule has 0 aliphatic carbocycles. The maximum absolute atomic E-state index is 14.5. The predicted octanol–water partition coefficient (Wildman–Crippen LogP) is 4.32. The van der Waals surface area contributed by atoms with Gasteiger partial charge in [-0.2, -0.15) is 0 Å². The molecule has 0 N–H and O–H groups in total. The summed E-state index contributed by atoms with van der Waals surface area (Å²) in [5, 5.41) is 1.89. The maximum atomic E-state index is 14.5. The van der Waals surface area contributed by atoms with Gasteiger partial charge in [0.2, 0.25) is 0 Å². The first kappa shape index (κ1) is 15.1. The number of carbonyl (C=O) groups excluding carboxylic acids is 1. The van der Waals surface area contributed by atoms with Crippen LogP contribution >= 0.6 is 11.3 Å². The van der Waals surface area contributed by atoms with Crippen LogP contribution in [0.3, 0.4) is 0 Å². The van der Waals surface area contributed by atoms with Gasteiger partial charge in [0.15, 0.2) is 0 Å². The fourth-order valence-corrected chi connectivity index (χ4v) is 4.04. The minimum atomic E-state index is -0.404. The van der Waals surface area contributed by atoms with Gasteiger partial charge in [0.25, 0.3) is 5.91 Å². The van der Waals surface area contributed by atoms with Crippen molar-refractivity contribution in [1.29, 1.82) is 0 Å². The second kappa shape index (κ2) is 6.24. The minimum Gasteiger partial charge on any atom is -0.349 e. The summed E-state index contributed by atoms with van der Waals surface area (Å²) in [4.78, 5) is 15.5. The number of rotatable bonds is 2. The molecule has 0 radical (unpaired) electrons. The molecule has 24 heavy (non-hydrogen) atoms. The number of amides is 1. The molecule has 0 saturated heterocycles. The summed E-state index contributed by atoms with van der Waals surface area (Å²) in [6.45, 7) is 1.44. The van der Waals surface area contributed by atoms with E-state index in [1.54, 1.807) is 12.1 Å². The standard InChI is InChI=1S/C19H17FN2OS/c20-15-7-2-1-6-14(15)18-16-8-3-10-21(16)11-5-12-22(18)19(23)17-9-4-13-24-17/h1-4,6-10,13,18H,5,11-12H2. The Bertz CT molecular complexity index is 856. The molecule has 1 unspecified atom stereocenters. The van der Waals surface area contributed by atoms with Gasteiger partial charge < -0.3 is 9.47 Å². The third-order valence-corrected chi connectivity index (χ3v) is 5.30. The number of hydrogen-bond donors (Lipinski definition) is 0. The van der Waals surface area contributed by atoms with Gasteiger partial charge in [-0.05, 0) is 36.1 Å². The zero-order valence-electron chi connectivity index (χ0n) is 13.1. The van der Waals surface area contributed by atoms with Crippen LogP contribution in [0.1, 0.15) is 33.4 Å². The lowest BCUT2D eigenvalue weighted by atomic mass is 10.0. The highest BCUT2D eigenvalue weighted by Gasteiger charge is 2.33. The van der Waals surface area contributed by atoms with Crippen LogP contribution in [0, 0.1) is 5.82 Å². The van der Waals surface area contributed by atoms with Crippen LogP contribution in [0.4, 0.5) is 4.39 Å². The van der Waals surface area contributed by atoms with Crippen LogP contribution in [0.2, 0.25) is 0 Å². The van der Waals surface area contributed by atoms with Crippen LogP contribution in [0.25, 0.3) is 0 Å². The first-order chi connectivity index (χ1) is 11.8. The zero-order valence-corrected chi connectivity index (χ0v) is 13.9. The molecule has 4 rings (SSSR count). The summed E-state index contributed by atoms with van der Waals surface area (Å²) in [5.74, 6) is -0.311. The van der Waals surface area contributed by atoms with Crippen LogP contribution in [-0.2, 0) is 6.54 Å². The van der Waals surface area contributed by atoms with Crippen molar-refractivity contribution in [2.45, 2.75) is 19.0 Å². The second-order valence-corrected chi connectivity index (χ2v) is 6.83. The predicted molar refractivity (Wildman–Crippen MR) is 92.6 cm³/mol. The Morgan fingerprint density at radius 2 is 1.96 bits per heavy atom. The number of nitrogens with zero attached hydrogens (tertiary/aromatic N) is 2. The van der Waals surface area contributed by atoms with E-state index in [1.807, 2.05) is 46.8 Å². The molecule has 3 aromatic rings. The number of hydrogen-bond acceptors (Lipinski definition) is 2. The summed E-state index contributed by atoms with van der Waals surface area (Å²) in [6, 6.07) is 14.0. The Kier molecular flexibility index (Phi) is 3.94. The van der Waals surface area contributed by atoms with E-state index in [0.29, 0.717) is 17.0 Å². The van der Waals surface area contributed by atoms with Crippen molar-refractivity contribution in [2.75, 3.05) is 6.54 Å². The molecule has 3 heterocycles. The third kappa shape index (κ3) is 2.55. The number of benzene rings is 1. The van der Waals surface area contributed by atoms with Crippen molar-refractivity contribution in [1.82, 2.24) is 9.47 Å². The monoisotopic (exact) mass is 340 g/mol. The molecular formula is C19H17FN2OS. The minimum absolute atomic E-state index is 0.0343. The maximum Gasteiger partial charge on any atom is 0.264 e. The summed E-state index contributed by atoms with van der Waals surface area (Å²) in [5.41, 5.74) is 1.51. The highest BCUT2D eigenvalue weighted by molar-refractivity contribution is 7.12. The highest BCUT2D eigenvalue weighted by Crippen LogP contribution is 2.34. The number of halogens is 1. The highest BCUT2D eigenvalue weighted by atomic mass is 32.1. The van der Waals surface area contributed by atoms with Gasteiger partial charge in [-0.1, -0.05) is 24.3 Å². The lowest BCUT2D eigenvalue weighted by Gasteiger charge is -2.30. The normalized spacial score (nSPS) is 17.4. The van der Waals surface area contributed by atoms with Crippen molar-refractivity contribution in [3.05, 3.63) is 82.1 Å². The van der Waals surface area contributed by atoms with Gasteiger partial charge in [0.1, 0.15) is 11.9 Å². The molecular weight excluding hydrogens is 323 g/mol. The van der Waals surface area contributed by atoms with Crippen molar-refractivity contribution in [3.8, 4) is 0 Å². The molecule has 1 atom stereocenters. The molecule has 3 nitrogen and oxygen atoms in total. The number of thiophene rings is 1. The van der Waals surface area contributed by atoms with Gasteiger partial charge in [0, 0.05) is 30.5 Å². The Morgan fingerprint density at radius 3 is 2.75 bits per heavy atom. The number of carbonyl (C=O) groups is 1. The smallest absolute Gasteiger partial charge is 0.264 e. The fourth-order valence-electron chi connectivity index (χ4n) is 3.36. The Labute approximate surface area is 144 Å². The van der Waals surface area contributed by atoms with Gasteiger partial charge >= 0.3 is 0 Å². The molecule has 1 aliphatic rings. The SMILES string of the molecule is O=C(c1cccs1)N1CCCn2cccc2C1c1ccccc1F. The van der Waals surface area contributed by atoms with Crippen LogP contribution in [-0.4, -0.2) is 21.9 Å².